The number of fused-ring (bicyclic) bond motifs is 1. The Balaban J connectivity index is 1.64. The molecule has 0 unspecified atom stereocenters. The Kier molecular flexibility index (Phi) is 6.97. The van der Waals surface area contributed by atoms with E-state index in [-0.39, 0.29) is 5.41 Å². The van der Waals surface area contributed by atoms with Gasteiger partial charge in [-0.3, -0.25) is 0 Å². The molecule has 4 rings (SSSR count). The maximum absolute atomic E-state index is 13.2. The molecule has 4 aromatic rings. The topological polar surface area (TPSA) is 60.8 Å². The molecule has 0 aliphatic carbocycles. The average Bonchev–Trinajstić information content (AvgIpc) is 2.86. The number of oxime groups is 1. The highest BCUT2D eigenvalue weighted by molar-refractivity contribution is 6.05. The molecule has 178 valence electrons. The zero-order valence-corrected chi connectivity index (χ0v) is 20.8. The number of hydrogen-bond donors (Lipinski definition) is 0. The van der Waals surface area contributed by atoms with E-state index in [4.69, 9.17) is 14.6 Å². The van der Waals surface area contributed by atoms with Crippen LogP contribution in [0.25, 0.3) is 22.2 Å². The second kappa shape index (κ2) is 10.1. The first-order valence-electron chi connectivity index (χ1n) is 11.8. The van der Waals surface area contributed by atoms with Gasteiger partial charge in [0.05, 0.1) is 29.1 Å². The normalized spacial score (nSPS) is 12.0. The summed E-state index contributed by atoms with van der Waals surface area (Å²) in [4.78, 5) is 23.3. The van der Waals surface area contributed by atoms with Gasteiger partial charge >= 0.3 is 5.97 Å². The third-order valence-corrected chi connectivity index (χ3v) is 5.81. The summed E-state index contributed by atoms with van der Waals surface area (Å²) < 4.78 is 5.63. The molecule has 0 radical (unpaired) electrons. The maximum Gasteiger partial charge on any atom is 0.366 e. The lowest BCUT2D eigenvalue weighted by molar-refractivity contribution is 0.0518. The molecule has 0 bridgehead atoms. The SMILES string of the molecule is CCOc1cccc(-c2cc(C(=O)O/N=C(\C)c3ccc(C(C)(C)C)cc3)c3ccccc3n2)c1. The number of nitrogens with zero attached hydrogens (tertiary/aromatic N) is 2. The first kappa shape index (κ1) is 24.1. The summed E-state index contributed by atoms with van der Waals surface area (Å²) in [5.74, 6) is 0.221. The van der Waals surface area contributed by atoms with E-state index in [1.54, 1.807) is 6.07 Å². The van der Waals surface area contributed by atoms with Gasteiger partial charge in [0.15, 0.2) is 0 Å². The van der Waals surface area contributed by atoms with E-state index < -0.39 is 5.97 Å². The second-order valence-electron chi connectivity index (χ2n) is 9.42. The molecule has 35 heavy (non-hydrogen) atoms. The van der Waals surface area contributed by atoms with Gasteiger partial charge in [-0.05, 0) is 54.7 Å². The summed E-state index contributed by atoms with van der Waals surface area (Å²) in [7, 11) is 0. The van der Waals surface area contributed by atoms with Gasteiger partial charge in [-0.15, -0.1) is 0 Å². The van der Waals surface area contributed by atoms with Crippen LogP contribution in [0.5, 0.6) is 5.75 Å². The highest BCUT2D eigenvalue weighted by Crippen LogP contribution is 2.28. The van der Waals surface area contributed by atoms with Crippen molar-refractivity contribution in [1.82, 2.24) is 4.98 Å². The number of benzene rings is 3. The van der Waals surface area contributed by atoms with Crippen molar-refractivity contribution in [2.24, 2.45) is 5.16 Å². The standard InChI is InChI=1S/C30H30N2O3/c1-6-34-24-11-9-10-22(18-24)28-19-26(25-12-7-8-13-27(25)31-28)29(33)35-32-20(2)21-14-16-23(17-15-21)30(3,4)5/h7-19H,6H2,1-5H3/b32-20+. The first-order valence-corrected chi connectivity index (χ1v) is 11.8. The zero-order valence-electron chi connectivity index (χ0n) is 20.8. The number of hydrogen-bond acceptors (Lipinski definition) is 5. The monoisotopic (exact) mass is 466 g/mol. The lowest BCUT2D eigenvalue weighted by Crippen LogP contribution is -2.11. The van der Waals surface area contributed by atoms with E-state index >= 15 is 0 Å². The molecule has 5 nitrogen and oxygen atoms in total. The van der Waals surface area contributed by atoms with Crippen molar-refractivity contribution < 1.29 is 14.4 Å². The van der Waals surface area contributed by atoms with Gasteiger partial charge in [-0.25, -0.2) is 9.78 Å². The quantitative estimate of drug-likeness (QED) is 0.172. The molecule has 0 saturated heterocycles. The smallest absolute Gasteiger partial charge is 0.366 e. The van der Waals surface area contributed by atoms with Crippen molar-refractivity contribution >= 4 is 22.6 Å². The molecular formula is C30H30N2O3. The van der Waals surface area contributed by atoms with E-state index in [0.717, 1.165) is 16.9 Å². The van der Waals surface area contributed by atoms with E-state index in [0.29, 0.717) is 34.5 Å². The van der Waals surface area contributed by atoms with Crippen molar-refractivity contribution in [3.63, 3.8) is 0 Å². The van der Waals surface area contributed by atoms with E-state index in [1.807, 2.05) is 74.5 Å². The van der Waals surface area contributed by atoms with Gasteiger partial charge in [0.25, 0.3) is 0 Å². The van der Waals surface area contributed by atoms with E-state index in [1.165, 1.54) is 5.56 Å². The Hall–Kier alpha value is -3.99. The minimum atomic E-state index is -0.531. The number of carbonyl (C=O) groups is 1. The second-order valence-corrected chi connectivity index (χ2v) is 9.42. The largest absolute Gasteiger partial charge is 0.494 e. The van der Waals surface area contributed by atoms with E-state index in [9.17, 15) is 4.79 Å². The van der Waals surface area contributed by atoms with Gasteiger partial charge in [-0.1, -0.05) is 80.5 Å². The van der Waals surface area contributed by atoms with Gasteiger partial charge in [0.2, 0.25) is 0 Å². The lowest BCUT2D eigenvalue weighted by atomic mass is 9.86. The van der Waals surface area contributed by atoms with Crippen LogP contribution in [0.2, 0.25) is 0 Å². The van der Waals surface area contributed by atoms with Gasteiger partial charge < -0.3 is 9.57 Å². The number of rotatable bonds is 6. The van der Waals surface area contributed by atoms with E-state index in [2.05, 4.69) is 38.1 Å². The molecule has 3 aromatic carbocycles. The minimum absolute atomic E-state index is 0.0678. The molecule has 0 atom stereocenters. The van der Waals surface area contributed by atoms with Crippen LogP contribution in [0.3, 0.4) is 0 Å². The summed E-state index contributed by atoms with van der Waals surface area (Å²) in [5, 5.41) is 4.85. The molecule has 1 aromatic heterocycles. The molecule has 0 spiro atoms. The number of pyridine rings is 1. The summed E-state index contributed by atoms with van der Waals surface area (Å²) in [6.07, 6.45) is 0. The number of carbonyl (C=O) groups excluding carboxylic acids is 1. The number of aromatic nitrogens is 1. The number of para-hydroxylation sites is 1. The Labute approximate surface area is 206 Å². The highest BCUT2D eigenvalue weighted by atomic mass is 16.7. The van der Waals surface area contributed by atoms with Crippen LogP contribution in [-0.2, 0) is 10.3 Å². The molecule has 0 fully saturated rings. The molecule has 0 aliphatic heterocycles. The predicted octanol–water partition coefficient (Wildman–Crippen LogP) is 7.18. The minimum Gasteiger partial charge on any atom is -0.494 e. The van der Waals surface area contributed by atoms with Gasteiger partial charge in [0, 0.05) is 10.9 Å². The molecule has 0 aliphatic rings. The molecule has 0 N–H and O–H groups in total. The molecule has 0 saturated carbocycles. The Morgan fingerprint density at radius 2 is 1.69 bits per heavy atom. The predicted molar refractivity (Wildman–Crippen MR) is 141 cm³/mol. The Morgan fingerprint density at radius 3 is 2.40 bits per heavy atom. The van der Waals surface area contributed by atoms with Crippen LogP contribution in [0, 0.1) is 0 Å². The average molecular weight is 467 g/mol. The van der Waals surface area contributed by atoms with Crippen LogP contribution in [0.4, 0.5) is 0 Å². The van der Waals surface area contributed by atoms with Crippen LogP contribution < -0.4 is 4.74 Å². The van der Waals surface area contributed by atoms with Crippen LogP contribution >= 0.6 is 0 Å². The fourth-order valence-corrected chi connectivity index (χ4v) is 3.83. The molecule has 5 heteroatoms. The Bertz CT molecular complexity index is 1380. The van der Waals surface area contributed by atoms with Crippen LogP contribution in [0.1, 0.15) is 56.1 Å². The first-order chi connectivity index (χ1) is 16.8. The van der Waals surface area contributed by atoms with Gasteiger partial charge in [-0.2, -0.15) is 0 Å². The summed E-state index contributed by atoms with van der Waals surface area (Å²) in [6.45, 7) is 10.9. The van der Waals surface area contributed by atoms with Crippen molar-refractivity contribution in [1.29, 1.82) is 0 Å². The van der Waals surface area contributed by atoms with Crippen molar-refractivity contribution in [2.45, 2.75) is 40.0 Å². The van der Waals surface area contributed by atoms with Gasteiger partial charge in [0.1, 0.15) is 5.75 Å². The summed E-state index contributed by atoms with van der Waals surface area (Å²) >= 11 is 0. The molecular weight excluding hydrogens is 436 g/mol. The van der Waals surface area contributed by atoms with Crippen molar-refractivity contribution in [3.05, 3.63) is 95.6 Å². The summed E-state index contributed by atoms with van der Waals surface area (Å²) in [5.41, 5.74) is 5.46. The number of ether oxygens (including phenoxy) is 1. The van der Waals surface area contributed by atoms with Crippen LogP contribution in [0.15, 0.2) is 84.0 Å². The van der Waals surface area contributed by atoms with Crippen molar-refractivity contribution in [2.75, 3.05) is 6.61 Å². The highest BCUT2D eigenvalue weighted by Gasteiger charge is 2.17. The third kappa shape index (κ3) is 5.57. The summed E-state index contributed by atoms with van der Waals surface area (Å²) in [6, 6.07) is 25.1. The van der Waals surface area contributed by atoms with Crippen LogP contribution in [-0.4, -0.2) is 23.3 Å². The molecule has 1 heterocycles. The maximum atomic E-state index is 13.2. The molecule has 0 amide bonds. The fourth-order valence-electron chi connectivity index (χ4n) is 3.83. The zero-order chi connectivity index (χ0) is 25.0. The lowest BCUT2D eigenvalue weighted by Gasteiger charge is -2.19. The fraction of sp³-hybridized carbons (Fsp3) is 0.233. The van der Waals surface area contributed by atoms with Crippen molar-refractivity contribution in [3.8, 4) is 17.0 Å². The third-order valence-electron chi connectivity index (χ3n) is 5.81. The Morgan fingerprint density at radius 1 is 0.943 bits per heavy atom.